The van der Waals surface area contributed by atoms with Crippen LogP contribution in [0.15, 0.2) is 18.2 Å². The summed E-state index contributed by atoms with van der Waals surface area (Å²) in [6, 6.07) is 4.70. The molecule has 1 rings (SSSR count). The van der Waals surface area contributed by atoms with Gasteiger partial charge in [-0.05, 0) is 31.0 Å². The molecule has 0 saturated heterocycles. The third-order valence-corrected chi connectivity index (χ3v) is 2.89. The van der Waals surface area contributed by atoms with Crippen molar-refractivity contribution >= 4 is 11.6 Å². The van der Waals surface area contributed by atoms with E-state index in [1.165, 1.54) is 12.1 Å². The molecule has 2 nitrogen and oxygen atoms in total. The molecule has 0 aliphatic rings. The maximum Gasteiger partial charge on any atom is 0.142 e. The molecule has 0 fully saturated rings. The fourth-order valence-electron chi connectivity index (χ4n) is 1.25. The zero-order chi connectivity index (χ0) is 12.2. The highest BCUT2D eigenvalue weighted by molar-refractivity contribution is 6.30. The lowest BCUT2D eigenvalue weighted by Crippen LogP contribution is -2.36. The molecule has 90 valence electrons. The topological polar surface area (TPSA) is 32.3 Å². The fraction of sp³-hybridized carbons (Fsp3) is 0.500. The smallest absolute Gasteiger partial charge is 0.142 e. The summed E-state index contributed by atoms with van der Waals surface area (Å²) in [6.45, 7) is 4.68. The third-order valence-electron chi connectivity index (χ3n) is 2.58. The van der Waals surface area contributed by atoms with E-state index in [-0.39, 0.29) is 5.02 Å². The Bertz CT molecular complexity index is 355. The van der Waals surface area contributed by atoms with Gasteiger partial charge in [0.1, 0.15) is 5.82 Å². The van der Waals surface area contributed by atoms with Crippen molar-refractivity contribution in [1.29, 1.82) is 0 Å². The number of hydrogen-bond acceptors (Lipinski definition) is 2. The van der Waals surface area contributed by atoms with Crippen molar-refractivity contribution < 1.29 is 9.50 Å². The van der Waals surface area contributed by atoms with Crippen LogP contribution in [0.25, 0.3) is 0 Å². The van der Waals surface area contributed by atoms with Gasteiger partial charge in [0.25, 0.3) is 0 Å². The van der Waals surface area contributed by atoms with Gasteiger partial charge in [-0.15, -0.1) is 0 Å². The van der Waals surface area contributed by atoms with E-state index in [9.17, 15) is 9.50 Å². The lowest BCUT2D eigenvalue weighted by Gasteiger charge is -2.21. The average Bonchev–Trinajstić information content (AvgIpc) is 2.23. The van der Waals surface area contributed by atoms with E-state index in [0.717, 1.165) is 5.56 Å². The summed E-state index contributed by atoms with van der Waals surface area (Å²) in [5.74, 6) is -0.414. The van der Waals surface area contributed by atoms with Crippen molar-refractivity contribution in [2.24, 2.45) is 0 Å². The second-order valence-electron chi connectivity index (χ2n) is 4.20. The van der Waals surface area contributed by atoms with Gasteiger partial charge in [0.05, 0.1) is 10.6 Å². The molecule has 0 amide bonds. The van der Waals surface area contributed by atoms with E-state index >= 15 is 0 Å². The zero-order valence-corrected chi connectivity index (χ0v) is 10.3. The molecule has 2 N–H and O–H groups in total. The second kappa shape index (κ2) is 5.62. The van der Waals surface area contributed by atoms with Crippen molar-refractivity contribution in [2.75, 3.05) is 6.54 Å². The Labute approximate surface area is 100 Å². The number of benzene rings is 1. The zero-order valence-electron chi connectivity index (χ0n) is 9.56. The Morgan fingerprint density at radius 1 is 1.50 bits per heavy atom. The molecule has 0 saturated carbocycles. The Morgan fingerprint density at radius 3 is 2.75 bits per heavy atom. The largest absolute Gasteiger partial charge is 0.389 e. The molecule has 0 radical (unpaired) electrons. The van der Waals surface area contributed by atoms with Gasteiger partial charge in [0.2, 0.25) is 0 Å². The fourth-order valence-corrected chi connectivity index (χ4v) is 1.37. The minimum Gasteiger partial charge on any atom is -0.389 e. The molecule has 1 unspecified atom stereocenters. The first-order chi connectivity index (χ1) is 7.44. The average molecular weight is 246 g/mol. The van der Waals surface area contributed by atoms with Crippen LogP contribution in [0.3, 0.4) is 0 Å². The summed E-state index contributed by atoms with van der Waals surface area (Å²) in [5, 5.41) is 13.0. The van der Waals surface area contributed by atoms with Crippen LogP contribution in [0, 0.1) is 5.82 Å². The Balaban J connectivity index is 2.46. The van der Waals surface area contributed by atoms with Crippen LogP contribution < -0.4 is 5.32 Å². The molecule has 0 aliphatic heterocycles. The molecule has 0 aliphatic carbocycles. The highest BCUT2D eigenvalue weighted by atomic mass is 35.5. The van der Waals surface area contributed by atoms with Crippen LogP contribution in [0.4, 0.5) is 4.39 Å². The Kier molecular flexibility index (Phi) is 4.71. The van der Waals surface area contributed by atoms with Crippen molar-refractivity contribution in [3.63, 3.8) is 0 Å². The summed E-state index contributed by atoms with van der Waals surface area (Å²) >= 11 is 5.57. The van der Waals surface area contributed by atoms with Gasteiger partial charge >= 0.3 is 0 Å². The van der Waals surface area contributed by atoms with Crippen LogP contribution >= 0.6 is 11.6 Å². The van der Waals surface area contributed by atoms with E-state index in [1.54, 1.807) is 13.0 Å². The van der Waals surface area contributed by atoms with Crippen LogP contribution in [-0.4, -0.2) is 17.3 Å². The SMILES string of the molecule is CCC(C)(O)CNCc1ccc(Cl)c(F)c1. The predicted octanol–water partition coefficient (Wildman–Crippen LogP) is 2.73. The Hall–Kier alpha value is -0.640. The highest BCUT2D eigenvalue weighted by Crippen LogP contribution is 2.15. The number of aliphatic hydroxyl groups is 1. The van der Waals surface area contributed by atoms with E-state index in [0.29, 0.717) is 19.5 Å². The molecule has 4 heteroatoms. The van der Waals surface area contributed by atoms with Crippen molar-refractivity contribution in [1.82, 2.24) is 5.32 Å². The predicted molar refractivity (Wildman–Crippen MR) is 64.0 cm³/mol. The lowest BCUT2D eigenvalue weighted by molar-refractivity contribution is 0.0555. The molecule has 1 atom stereocenters. The molecule has 0 spiro atoms. The van der Waals surface area contributed by atoms with Crippen molar-refractivity contribution in [3.8, 4) is 0 Å². The van der Waals surface area contributed by atoms with Crippen LogP contribution in [0.5, 0.6) is 0 Å². The van der Waals surface area contributed by atoms with Crippen molar-refractivity contribution in [3.05, 3.63) is 34.6 Å². The maximum atomic E-state index is 13.1. The van der Waals surface area contributed by atoms with Crippen molar-refractivity contribution in [2.45, 2.75) is 32.4 Å². The molecule has 1 aromatic rings. The molecule has 0 bridgehead atoms. The van der Waals surface area contributed by atoms with Gasteiger partial charge in [0.15, 0.2) is 0 Å². The maximum absolute atomic E-state index is 13.1. The third kappa shape index (κ3) is 4.08. The second-order valence-corrected chi connectivity index (χ2v) is 4.61. The van der Waals surface area contributed by atoms with Crippen LogP contribution in [0.2, 0.25) is 5.02 Å². The number of rotatable bonds is 5. The summed E-state index contributed by atoms with van der Waals surface area (Å²) in [7, 11) is 0. The van der Waals surface area contributed by atoms with E-state index in [2.05, 4.69) is 5.32 Å². The minimum absolute atomic E-state index is 0.129. The highest BCUT2D eigenvalue weighted by Gasteiger charge is 2.16. The first-order valence-electron chi connectivity index (χ1n) is 5.31. The summed E-state index contributed by atoms with van der Waals surface area (Å²) in [5.41, 5.74) is 0.0964. The Morgan fingerprint density at radius 2 is 2.19 bits per heavy atom. The molecule has 16 heavy (non-hydrogen) atoms. The van der Waals surface area contributed by atoms with E-state index in [4.69, 9.17) is 11.6 Å². The van der Waals surface area contributed by atoms with Gasteiger partial charge in [-0.2, -0.15) is 0 Å². The molecule has 0 heterocycles. The lowest BCUT2D eigenvalue weighted by atomic mass is 10.0. The van der Waals surface area contributed by atoms with Gasteiger partial charge in [0, 0.05) is 13.1 Å². The van der Waals surface area contributed by atoms with Gasteiger partial charge < -0.3 is 10.4 Å². The molecule has 0 aromatic heterocycles. The van der Waals surface area contributed by atoms with Gasteiger partial charge in [-0.3, -0.25) is 0 Å². The van der Waals surface area contributed by atoms with Crippen LogP contribution in [-0.2, 0) is 6.54 Å². The molecule has 1 aromatic carbocycles. The number of hydrogen-bond donors (Lipinski definition) is 2. The van der Waals surface area contributed by atoms with Gasteiger partial charge in [-0.1, -0.05) is 24.6 Å². The molecular formula is C12H17ClFNO. The summed E-state index contributed by atoms with van der Waals surface area (Å²) in [4.78, 5) is 0. The summed E-state index contributed by atoms with van der Waals surface area (Å²) < 4.78 is 13.1. The van der Waals surface area contributed by atoms with E-state index in [1.807, 2.05) is 6.92 Å². The first kappa shape index (κ1) is 13.4. The first-order valence-corrected chi connectivity index (χ1v) is 5.69. The standard InChI is InChI=1S/C12H17ClFNO/c1-3-12(2,16)8-15-7-9-4-5-10(13)11(14)6-9/h4-6,15-16H,3,7-8H2,1-2H3. The van der Waals surface area contributed by atoms with Gasteiger partial charge in [-0.25, -0.2) is 4.39 Å². The number of nitrogens with one attached hydrogen (secondary N) is 1. The minimum atomic E-state index is -0.717. The molecular weight excluding hydrogens is 229 g/mol. The summed E-state index contributed by atoms with van der Waals surface area (Å²) in [6.07, 6.45) is 0.676. The normalized spacial score (nSPS) is 14.8. The number of halogens is 2. The quantitative estimate of drug-likeness (QED) is 0.836. The monoisotopic (exact) mass is 245 g/mol. The van der Waals surface area contributed by atoms with E-state index < -0.39 is 11.4 Å². The van der Waals surface area contributed by atoms with Crippen LogP contribution in [0.1, 0.15) is 25.8 Å².